The van der Waals surface area contributed by atoms with Gasteiger partial charge in [-0.2, -0.15) is 5.26 Å². The predicted molar refractivity (Wildman–Crippen MR) is 103 cm³/mol. The number of aromatic nitrogens is 1. The smallest absolute Gasteiger partial charge is 0.257 e. The van der Waals surface area contributed by atoms with E-state index in [1.54, 1.807) is 48.7 Å². The number of para-hydroxylation sites is 1. The first kappa shape index (κ1) is 17.5. The van der Waals surface area contributed by atoms with Crippen molar-refractivity contribution in [2.24, 2.45) is 0 Å². The fourth-order valence-corrected chi connectivity index (χ4v) is 2.59. The van der Waals surface area contributed by atoms with Gasteiger partial charge >= 0.3 is 0 Å². The molecule has 0 bridgehead atoms. The number of pyridine rings is 1. The molecule has 3 rings (SSSR count). The molecule has 128 valence electrons. The number of carbonyl (C=O) groups is 1. The van der Waals surface area contributed by atoms with Crippen molar-refractivity contribution in [1.82, 2.24) is 4.98 Å². The van der Waals surface area contributed by atoms with Gasteiger partial charge in [-0.1, -0.05) is 29.8 Å². The number of carbonyl (C=O) groups excluding carboxylic acids is 1. The molecule has 0 unspecified atom stereocenters. The first-order chi connectivity index (χ1) is 12.6. The molecule has 0 radical (unpaired) electrons. The van der Waals surface area contributed by atoms with E-state index in [1.807, 2.05) is 13.0 Å². The minimum absolute atomic E-state index is 0.292. The van der Waals surface area contributed by atoms with E-state index in [0.717, 1.165) is 5.56 Å². The van der Waals surface area contributed by atoms with Gasteiger partial charge in [-0.05, 0) is 42.8 Å². The molecule has 2 N–H and O–H groups in total. The molecule has 0 saturated carbocycles. The summed E-state index contributed by atoms with van der Waals surface area (Å²) in [5.74, 6) is -0.292. The SMILES string of the molecule is Cc1c(Cl)cccc1NC(=O)c1cncc(Nc2ccccc2C#N)c1. The molecule has 0 aliphatic carbocycles. The fourth-order valence-electron chi connectivity index (χ4n) is 2.41. The summed E-state index contributed by atoms with van der Waals surface area (Å²) in [6, 6.07) is 16.3. The van der Waals surface area contributed by atoms with Crippen molar-refractivity contribution in [3.63, 3.8) is 0 Å². The summed E-state index contributed by atoms with van der Waals surface area (Å²) in [6.07, 6.45) is 3.08. The molecule has 0 fully saturated rings. The third kappa shape index (κ3) is 3.82. The highest BCUT2D eigenvalue weighted by molar-refractivity contribution is 6.31. The van der Waals surface area contributed by atoms with Gasteiger partial charge in [-0.25, -0.2) is 0 Å². The van der Waals surface area contributed by atoms with Crippen molar-refractivity contribution in [3.8, 4) is 6.07 Å². The number of benzene rings is 2. The zero-order valence-corrected chi connectivity index (χ0v) is 14.7. The highest BCUT2D eigenvalue weighted by Crippen LogP contribution is 2.24. The van der Waals surface area contributed by atoms with Crippen LogP contribution in [0.4, 0.5) is 17.1 Å². The van der Waals surface area contributed by atoms with Crippen LogP contribution >= 0.6 is 11.6 Å². The molecule has 1 aromatic heterocycles. The molecule has 0 atom stereocenters. The van der Waals surface area contributed by atoms with Gasteiger partial charge in [-0.15, -0.1) is 0 Å². The molecule has 1 heterocycles. The van der Waals surface area contributed by atoms with Crippen LogP contribution < -0.4 is 10.6 Å². The van der Waals surface area contributed by atoms with Gasteiger partial charge < -0.3 is 10.6 Å². The molecule has 5 nitrogen and oxygen atoms in total. The maximum Gasteiger partial charge on any atom is 0.257 e. The number of amides is 1. The summed E-state index contributed by atoms with van der Waals surface area (Å²) < 4.78 is 0. The van der Waals surface area contributed by atoms with Gasteiger partial charge in [0.2, 0.25) is 0 Å². The zero-order chi connectivity index (χ0) is 18.5. The number of hydrogen-bond donors (Lipinski definition) is 2. The van der Waals surface area contributed by atoms with Gasteiger partial charge in [0.1, 0.15) is 6.07 Å². The highest BCUT2D eigenvalue weighted by Gasteiger charge is 2.11. The summed E-state index contributed by atoms with van der Waals surface area (Å²) in [5, 5.41) is 15.7. The van der Waals surface area contributed by atoms with E-state index in [1.165, 1.54) is 6.20 Å². The standard InChI is InChI=1S/C20H15ClN4O/c1-13-17(21)6-4-8-18(13)25-20(26)15-9-16(12-23-11-15)24-19-7-3-2-5-14(19)10-22/h2-9,11-12,24H,1H3,(H,25,26). The molecule has 0 aliphatic heterocycles. The van der Waals surface area contributed by atoms with Crippen molar-refractivity contribution < 1.29 is 4.79 Å². The van der Waals surface area contributed by atoms with Gasteiger partial charge in [0, 0.05) is 16.9 Å². The Hall–Kier alpha value is -3.36. The summed E-state index contributed by atoms with van der Waals surface area (Å²) >= 11 is 6.09. The van der Waals surface area contributed by atoms with Crippen molar-refractivity contribution in [2.75, 3.05) is 10.6 Å². The molecule has 0 spiro atoms. The van der Waals surface area contributed by atoms with Crippen LogP contribution in [0.5, 0.6) is 0 Å². The maximum absolute atomic E-state index is 12.5. The van der Waals surface area contributed by atoms with Crippen molar-refractivity contribution >= 4 is 34.6 Å². The summed E-state index contributed by atoms with van der Waals surface area (Å²) in [4.78, 5) is 16.6. The molecular weight excluding hydrogens is 348 g/mol. The van der Waals surface area contributed by atoms with Crippen LogP contribution in [0.3, 0.4) is 0 Å². The number of hydrogen-bond acceptors (Lipinski definition) is 4. The van der Waals surface area contributed by atoms with Gasteiger partial charge in [-0.3, -0.25) is 9.78 Å². The van der Waals surface area contributed by atoms with Crippen molar-refractivity contribution in [2.45, 2.75) is 6.92 Å². The molecule has 26 heavy (non-hydrogen) atoms. The number of anilines is 3. The number of nitriles is 1. The average Bonchev–Trinajstić information content (AvgIpc) is 2.66. The maximum atomic E-state index is 12.5. The predicted octanol–water partition coefficient (Wildman–Crippen LogP) is 4.91. The van der Waals surface area contributed by atoms with Crippen molar-refractivity contribution in [1.29, 1.82) is 5.26 Å². The second-order valence-corrected chi connectivity index (χ2v) is 6.02. The van der Waals surface area contributed by atoms with Gasteiger partial charge in [0.05, 0.1) is 28.7 Å². The number of nitrogens with zero attached hydrogens (tertiary/aromatic N) is 2. The van der Waals surface area contributed by atoms with Crippen LogP contribution in [0, 0.1) is 18.3 Å². The molecule has 1 amide bonds. The van der Waals surface area contributed by atoms with E-state index in [4.69, 9.17) is 11.6 Å². The minimum Gasteiger partial charge on any atom is -0.353 e. The van der Waals surface area contributed by atoms with E-state index >= 15 is 0 Å². The van der Waals surface area contributed by atoms with Crippen LogP contribution in [-0.2, 0) is 0 Å². The topological polar surface area (TPSA) is 77.8 Å². The molecule has 0 aliphatic rings. The van der Waals surface area contributed by atoms with Crippen LogP contribution in [0.15, 0.2) is 60.9 Å². The van der Waals surface area contributed by atoms with Gasteiger partial charge in [0.15, 0.2) is 0 Å². The van der Waals surface area contributed by atoms with Crippen LogP contribution in [0.1, 0.15) is 21.5 Å². The number of nitrogens with one attached hydrogen (secondary N) is 2. The Morgan fingerprint density at radius 1 is 1.12 bits per heavy atom. The van der Waals surface area contributed by atoms with Crippen LogP contribution in [0.2, 0.25) is 5.02 Å². The molecule has 2 aromatic carbocycles. The second kappa shape index (κ2) is 7.68. The second-order valence-electron chi connectivity index (χ2n) is 5.61. The first-order valence-electron chi connectivity index (χ1n) is 7.86. The number of halogens is 1. The summed E-state index contributed by atoms with van der Waals surface area (Å²) in [6.45, 7) is 1.84. The van der Waals surface area contributed by atoms with Crippen LogP contribution in [0.25, 0.3) is 0 Å². The Morgan fingerprint density at radius 2 is 1.88 bits per heavy atom. The lowest BCUT2D eigenvalue weighted by molar-refractivity contribution is 0.102. The lowest BCUT2D eigenvalue weighted by Gasteiger charge is -2.11. The Balaban J connectivity index is 1.82. The van der Waals surface area contributed by atoms with Crippen LogP contribution in [-0.4, -0.2) is 10.9 Å². The highest BCUT2D eigenvalue weighted by atomic mass is 35.5. The normalized spacial score (nSPS) is 10.0. The molecular formula is C20H15ClN4O. The fraction of sp³-hybridized carbons (Fsp3) is 0.0500. The minimum atomic E-state index is -0.292. The lowest BCUT2D eigenvalue weighted by Crippen LogP contribution is -2.13. The first-order valence-corrected chi connectivity index (χ1v) is 8.24. The van der Waals surface area contributed by atoms with Crippen molar-refractivity contribution in [3.05, 3.63) is 82.6 Å². The summed E-state index contributed by atoms with van der Waals surface area (Å²) in [7, 11) is 0. The molecule has 0 saturated heterocycles. The quantitative estimate of drug-likeness (QED) is 0.691. The summed E-state index contributed by atoms with van der Waals surface area (Å²) in [5.41, 5.74) is 3.62. The van der Waals surface area contributed by atoms with E-state index in [2.05, 4.69) is 21.7 Å². The van der Waals surface area contributed by atoms with E-state index in [9.17, 15) is 10.1 Å². The Bertz CT molecular complexity index is 1010. The largest absolute Gasteiger partial charge is 0.353 e. The Labute approximate surface area is 156 Å². The van der Waals surface area contributed by atoms with E-state index in [-0.39, 0.29) is 5.91 Å². The third-order valence-corrected chi connectivity index (χ3v) is 4.25. The number of rotatable bonds is 4. The zero-order valence-electron chi connectivity index (χ0n) is 14.0. The average molecular weight is 363 g/mol. The van der Waals surface area contributed by atoms with Gasteiger partial charge in [0.25, 0.3) is 5.91 Å². The van der Waals surface area contributed by atoms with E-state index < -0.39 is 0 Å². The Kier molecular flexibility index (Phi) is 5.16. The lowest BCUT2D eigenvalue weighted by atomic mass is 10.1. The third-order valence-electron chi connectivity index (χ3n) is 3.84. The monoisotopic (exact) mass is 362 g/mol. The molecule has 6 heteroatoms. The Morgan fingerprint density at radius 3 is 2.69 bits per heavy atom. The van der Waals surface area contributed by atoms with E-state index in [0.29, 0.717) is 33.2 Å². The molecule has 3 aromatic rings.